The number of fused-ring (bicyclic) bond motifs is 2. The summed E-state index contributed by atoms with van der Waals surface area (Å²) >= 11 is 0. The van der Waals surface area contributed by atoms with Crippen LogP contribution in [-0.4, -0.2) is 33.7 Å². The normalized spacial score (nSPS) is 24.2. The molecule has 2 unspecified atom stereocenters. The van der Waals surface area contributed by atoms with Crippen LogP contribution in [0.4, 0.5) is 4.79 Å². The van der Waals surface area contributed by atoms with Crippen LogP contribution in [0.5, 0.6) is 0 Å². The molecule has 0 radical (unpaired) electrons. The van der Waals surface area contributed by atoms with E-state index in [1.807, 2.05) is 38.8 Å². The zero-order valence-electron chi connectivity index (χ0n) is 13.8. The fourth-order valence-electron chi connectivity index (χ4n) is 3.39. The average Bonchev–Trinajstić information content (AvgIpc) is 2.68. The molecule has 0 saturated carbocycles. The van der Waals surface area contributed by atoms with Gasteiger partial charge in [-0.3, -0.25) is 9.88 Å². The lowest BCUT2D eigenvalue weighted by molar-refractivity contribution is 0.0175. The van der Waals surface area contributed by atoms with Gasteiger partial charge >= 0.3 is 6.09 Å². The lowest BCUT2D eigenvalue weighted by Gasteiger charge is -2.35. The Morgan fingerprint density at radius 1 is 1.36 bits per heavy atom. The number of aryl methyl sites for hydroxylation is 1. The molecule has 3 heterocycles. The van der Waals surface area contributed by atoms with Gasteiger partial charge in [-0.1, -0.05) is 6.08 Å². The van der Waals surface area contributed by atoms with Crippen molar-refractivity contribution in [2.24, 2.45) is 0 Å². The molecule has 1 aromatic rings. The molecule has 118 valence electrons. The van der Waals surface area contributed by atoms with Crippen molar-refractivity contribution < 1.29 is 9.53 Å². The highest BCUT2D eigenvalue weighted by molar-refractivity contribution is 5.75. The van der Waals surface area contributed by atoms with Crippen LogP contribution in [0.2, 0.25) is 0 Å². The highest BCUT2D eigenvalue weighted by Gasteiger charge is 2.41. The number of hydrogen-bond acceptors (Lipinski definition) is 3. The minimum Gasteiger partial charge on any atom is -0.444 e. The number of carbonyl (C=O) groups is 1. The highest BCUT2D eigenvalue weighted by Crippen LogP contribution is 2.39. The van der Waals surface area contributed by atoms with Gasteiger partial charge in [0.05, 0.1) is 6.04 Å². The molecule has 0 aromatic carbocycles. The molecule has 3 rings (SSSR count). The number of carbonyl (C=O) groups excluding carboxylic acids is 1. The fourth-order valence-corrected chi connectivity index (χ4v) is 3.39. The number of nitrogens with zero attached hydrogens (tertiary/aromatic N) is 2. The van der Waals surface area contributed by atoms with E-state index in [-0.39, 0.29) is 18.2 Å². The van der Waals surface area contributed by atoms with Gasteiger partial charge in [0.15, 0.2) is 0 Å². The summed E-state index contributed by atoms with van der Waals surface area (Å²) in [5.74, 6) is 0. The molecule has 2 aliphatic rings. The van der Waals surface area contributed by atoms with E-state index in [9.17, 15) is 4.79 Å². The molecule has 2 aliphatic heterocycles. The zero-order valence-corrected chi connectivity index (χ0v) is 13.8. The topological polar surface area (TPSA) is 42.4 Å². The summed E-state index contributed by atoms with van der Waals surface area (Å²) in [6.07, 6.45) is 6.89. The quantitative estimate of drug-likeness (QED) is 0.788. The standard InChI is InChI=1S/C18H24N2O2/c1-12-9-13(7-8-19-12)14-10-15-5-6-16(11-14)20(15)17(21)22-18(2,3)4/h7-10,15-16H,5-6,11H2,1-4H3. The van der Waals surface area contributed by atoms with E-state index in [1.165, 1.54) is 11.1 Å². The number of amides is 1. The Hall–Kier alpha value is -1.84. The van der Waals surface area contributed by atoms with Crippen molar-refractivity contribution in [2.45, 2.75) is 64.6 Å². The summed E-state index contributed by atoms with van der Waals surface area (Å²) in [7, 11) is 0. The smallest absolute Gasteiger partial charge is 0.411 e. The minimum absolute atomic E-state index is 0.164. The van der Waals surface area contributed by atoms with Crippen molar-refractivity contribution in [3.63, 3.8) is 0 Å². The number of hydrogen-bond donors (Lipinski definition) is 0. The molecule has 1 aromatic heterocycles. The molecular weight excluding hydrogens is 276 g/mol. The first kappa shape index (κ1) is 15.1. The highest BCUT2D eigenvalue weighted by atomic mass is 16.6. The van der Waals surface area contributed by atoms with Crippen LogP contribution in [-0.2, 0) is 4.74 Å². The summed E-state index contributed by atoms with van der Waals surface area (Å²) < 4.78 is 5.57. The van der Waals surface area contributed by atoms with Gasteiger partial charge in [0.25, 0.3) is 0 Å². The molecule has 22 heavy (non-hydrogen) atoms. The van der Waals surface area contributed by atoms with Crippen molar-refractivity contribution >= 4 is 11.7 Å². The summed E-state index contributed by atoms with van der Waals surface area (Å²) in [6.45, 7) is 7.75. The number of aromatic nitrogens is 1. The molecule has 4 nitrogen and oxygen atoms in total. The van der Waals surface area contributed by atoms with Crippen LogP contribution in [0, 0.1) is 6.92 Å². The summed E-state index contributed by atoms with van der Waals surface area (Å²) in [4.78, 5) is 18.6. The monoisotopic (exact) mass is 300 g/mol. The average molecular weight is 300 g/mol. The maximum absolute atomic E-state index is 12.4. The van der Waals surface area contributed by atoms with Crippen molar-refractivity contribution in [2.75, 3.05) is 0 Å². The predicted molar refractivity (Wildman–Crippen MR) is 86.5 cm³/mol. The molecule has 1 fully saturated rings. The van der Waals surface area contributed by atoms with E-state index in [0.717, 1.165) is 25.0 Å². The Balaban J connectivity index is 1.82. The van der Waals surface area contributed by atoms with E-state index < -0.39 is 5.60 Å². The van der Waals surface area contributed by atoms with Gasteiger partial charge in [-0.25, -0.2) is 4.79 Å². The predicted octanol–water partition coefficient (Wildman–Crippen LogP) is 3.95. The van der Waals surface area contributed by atoms with E-state index in [1.54, 1.807) is 0 Å². The van der Waals surface area contributed by atoms with E-state index in [4.69, 9.17) is 4.74 Å². The first-order valence-corrected chi connectivity index (χ1v) is 7.98. The molecule has 0 spiro atoms. The van der Waals surface area contributed by atoms with Gasteiger partial charge in [-0.05, 0) is 70.2 Å². The van der Waals surface area contributed by atoms with Gasteiger partial charge < -0.3 is 4.74 Å². The first-order valence-electron chi connectivity index (χ1n) is 7.98. The summed E-state index contributed by atoms with van der Waals surface area (Å²) in [5, 5.41) is 0. The lowest BCUT2D eigenvalue weighted by Crippen LogP contribution is -2.45. The molecular formula is C18H24N2O2. The first-order chi connectivity index (χ1) is 10.3. The molecule has 1 saturated heterocycles. The second kappa shape index (κ2) is 5.41. The van der Waals surface area contributed by atoms with Gasteiger partial charge in [0.1, 0.15) is 5.60 Å². The second-order valence-electron chi connectivity index (χ2n) is 7.27. The number of rotatable bonds is 1. The van der Waals surface area contributed by atoms with Crippen LogP contribution in [0.25, 0.3) is 5.57 Å². The molecule has 1 amide bonds. The largest absolute Gasteiger partial charge is 0.444 e. The van der Waals surface area contributed by atoms with Crippen LogP contribution >= 0.6 is 0 Å². The Morgan fingerprint density at radius 3 is 2.77 bits per heavy atom. The van der Waals surface area contributed by atoms with Crippen LogP contribution in [0.3, 0.4) is 0 Å². The number of pyridine rings is 1. The van der Waals surface area contributed by atoms with Crippen LogP contribution in [0.15, 0.2) is 24.4 Å². The molecule has 2 atom stereocenters. The molecule has 4 heteroatoms. The maximum atomic E-state index is 12.4. The third-order valence-electron chi connectivity index (χ3n) is 4.27. The summed E-state index contributed by atoms with van der Waals surface area (Å²) in [5.41, 5.74) is 3.15. The molecule has 2 bridgehead atoms. The van der Waals surface area contributed by atoms with Crippen LogP contribution in [0.1, 0.15) is 51.3 Å². The Labute approximate surface area is 132 Å². The van der Waals surface area contributed by atoms with Crippen LogP contribution < -0.4 is 0 Å². The van der Waals surface area contributed by atoms with Crippen molar-refractivity contribution in [3.05, 3.63) is 35.7 Å². The van der Waals surface area contributed by atoms with Crippen molar-refractivity contribution in [1.29, 1.82) is 0 Å². The zero-order chi connectivity index (χ0) is 15.9. The SMILES string of the molecule is Cc1cc(C2=CC3CCC(C2)N3C(=O)OC(C)(C)C)ccn1. The third-order valence-corrected chi connectivity index (χ3v) is 4.27. The van der Waals surface area contributed by atoms with E-state index in [0.29, 0.717) is 0 Å². The van der Waals surface area contributed by atoms with Crippen molar-refractivity contribution in [3.8, 4) is 0 Å². The van der Waals surface area contributed by atoms with Gasteiger partial charge in [0, 0.05) is 17.9 Å². The Bertz CT molecular complexity index is 616. The van der Waals surface area contributed by atoms with Gasteiger partial charge in [-0.15, -0.1) is 0 Å². The maximum Gasteiger partial charge on any atom is 0.411 e. The Kier molecular flexibility index (Phi) is 3.71. The second-order valence-corrected chi connectivity index (χ2v) is 7.27. The Morgan fingerprint density at radius 2 is 2.14 bits per heavy atom. The van der Waals surface area contributed by atoms with E-state index in [2.05, 4.69) is 23.2 Å². The summed E-state index contributed by atoms with van der Waals surface area (Å²) in [6, 6.07) is 4.60. The molecule has 0 N–H and O–H groups in total. The third kappa shape index (κ3) is 3.01. The van der Waals surface area contributed by atoms with E-state index >= 15 is 0 Å². The van der Waals surface area contributed by atoms with Gasteiger partial charge in [-0.2, -0.15) is 0 Å². The molecule has 0 aliphatic carbocycles. The van der Waals surface area contributed by atoms with Gasteiger partial charge in [0.2, 0.25) is 0 Å². The number of ether oxygens (including phenoxy) is 1. The minimum atomic E-state index is -0.442. The van der Waals surface area contributed by atoms with Crippen molar-refractivity contribution in [1.82, 2.24) is 9.88 Å². The lowest BCUT2D eigenvalue weighted by atomic mass is 9.95. The fraction of sp³-hybridized carbons (Fsp3) is 0.556.